The smallest absolute Gasteiger partial charge is 0.227 e. The quantitative estimate of drug-likeness (QED) is 0.851. The predicted octanol–water partition coefficient (Wildman–Crippen LogP) is 1.86. The fraction of sp³-hybridized carbons (Fsp3) is 0.611. The zero-order chi connectivity index (χ0) is 15.4. The van der Waals surface area contributed by atoms with Gasteiger partial charge in [0.15, 0.2) is 0 Å². The molecule has 4 heteroatoms. The number of benzene rings is 1. The van der Waals surface area contributed by atoms with E-state index in [4.69, 9.17) is 4.74 Å². The summed E-state index contributed by atoms with van der Waals surface area (Å²) < 4.78 is 5.70. The second kappa shape index (κ2) is 7.25. The maximum absolute atomic E-state index is 12.4. The molecule has 3 rings (SSSR count). The zero-order valence-corrected chi connectivity index (χ0v) is 13.5. The zero-order valence-electron chi connectivity index (χ0n) is 13.5. The summed E-state index contributed by atoms with van der Waals surface area (Å²) in [6.07, 6.45) is 3.31. The Morgan fingerprint density at radius 1 is 1.27 bits per heavy atom. The van der Waals surface area contributed by atoms with Crippen LogP contribution in [0.3, 0.4) is 0 Å². The molecule has 0 spiro atoms. The standard InChI is InChI=1S/C18H26N2O2/c1-15-4-2-5-16(12-15)13-18(21)20-9-7-19(8-10-20)14-17-6-3-11-22-17/h2,4-5,12,17H,3,6-11,13-14H2,1H3. The SMILES string of the molecule is Cc1cccc(CC(=O)N2CCN(CC3CCCO3)CC2)c1. The lowest BCUT2D eigenvalue weighted by molar-refractivity contribution is -0.132. The third kappa shape index (κ3) is 4.08. The summed E-state index contributed by atoms with van der Waals surface area (Å²) in [6, 6.07) is 8.24. The number of nitrogens with zero attached hydrogens (tertiary/aromatic N) is 2. The van der Waals surface area contributed by atoms with Gasteiger partial charge >= 0.3 is 0 Å². The number of carbonyl (C=O) groups is 1. The number of piperazine rings is 1. The Bertz CT molecular complexity index is 504. The van der Waals surface area contributed by atoms with Crippen LogP contribution in [0.1, 0.15) is 24.0 Å². The van der Waals surface area contributed by atoms with Crippen molar-refractivity contribution in [1.82, 2.24) is 9.80 Å². The second-order valence-corrected chi connectivity index (χ2v) is 6.48. The van der Waals surface area contributed by atoms with Crippen molar-refractivity contribution in [1.29, 1.82) is 0 Å². The largest absolute Gasteiger partial charge is 0.377 e. The molecule has 2 aliphatic heterocycles. The van der Waals surface area contributed by atoms with Gasteiger partial charge < -0.3 is 9.64 Å². The Kier molecular flexibility index (Phi) is 5.11. The highest BCUT2D eigenvalue weighted by atomic mass is 16.5. The summed E-state index contributed by atoms with van der Waals surface area (Å²) in [7, 11) is 0. The Morgan fingerprint density at radius 2 is 2.09 bits per heavy atom. The number of hydrogen-bond donors (Lipinski definition) is 0. The number of carbonyl (C=O) groups excluding carboxylic acids is 1. The van der Waals surface area contributed by atoms with Gasteiger partial charge in [-0.25, -0.2) is 0 Å². The molecule has 0 aliphatic carbocycles. The first-order chi connectivity index (χ1) is 10.7. The van der Waals surface area contributed by atoms with Gasteiger partial charge in [0.25, 0.3) is 0 Å². The van der Waals surface area contributed by atoms with Gasteiger partial charge in [0.1, 0.15) is 0 Å². The molecule has 1 aromatic rings. The molecular formula is C18H26N2O2. The molecule has 2 aliphatic rings. The molecule has 4 nitrogen and oxygen atoms in total. The van der Waals surface area contributed by atoms with E-state index in [-0.39, 0.29) is 5.91 Å². The summed E-state index contributed by atoms with van der Waals surface area (Å²) in [5.41, 5.74) is 2.33. The van der Waals surface area contributed by atoms with Crippen molar-refractivity contribution < 1.29 is 9.53 Å². The molecule has 0 radical (unpaired) electrons. The molecule has 0 saturated carbocycles. The minimum absolute atomic E-state index is 0.252. The Labute approximate surface area is 133 Å². The third-order valence-electron chi connectivity index (χ3n) is 4.65. The van der Waals surface area contributed by atoms with E-state index in [0.717, 1.165) is 44.9 Å². The van der Waals surface area contributed by atoms with Crippen LogP contribution >= 0.6 is 0 Å². The minimum Gasteiger partial charge on any atom is -0.377 e. The van der Waals surface area contributed by atoms with E-state index < -0.39 is 0 Å². The third-order valence-corrected chi connectivity index (χ3v) is 4.65. The van der Waals surface area contributed by atoms with E-state index >= 15 is 0 Å². The van der Waals surface area contributed by atoms with Gasteiger partial charge in [0.05, 0.1) is 12.5 Å². The van der Waals surface area contributed by atoms with E-state index in [0.29, 0.717) is 12.5 Å². The van der Waals surface area contributed by atoms with E-state index in [2.05, 4.69) is 24.0 Å². The summed E-state index contributed by atoms with van der Waals surface area (Å²) in [5.74, 6) is 0.252. The van der Waals surface area contributed by atoms with Gasteiger partial charge in [0.2, 0.25) is 5.91 Å². The number of ether oxygens (including phenoxy) is 1. The van der Waals surface area contributed by atoms with E-state index in [9.17, 15) is 4.79 Å². The molecule has 0 bridgehead atoms. The lowest BCUT2D eigenvalue weighted by Crippen LogP contribution is -2.50. The summed E-state index contributed by atoms with van der Waals surface area (Å²) in [5, 5.41) is 0. The molecule has 1 amide bonds. The van der Waals surface area contributed by atoms with Crippen molar-refractivity contribution in [3.8, 4) is 0 Å². The van der Waals surface area contributed by atoms with Crippen LogP contribution in [0.2, 0.25) is 0 Å². The lowest BCUT2D eigenvalue weighted by atomic mass is 10.1. The predicted molar refractivity (Wildman–Crippen MR) is 86.9 cm³/mol. The first-order valence-electron chi connectivity index (χ1n) is 8.38. The average Bonchev–Trinajstić information content (AvgIpc) is 3.01. The molecule has 1 atom stereocenters. The fourth-order valence-corrected chi connectivity index (χ4v) is 3.36. The van der Waals surface area contributed by atoms with Gasteiger partial charge in [-0.3, -0.25) is 9.69 Å². The van der Waals surface area contributed by atoms with E-state index in [1.807, 2.05) is 17.0 Å². The van der Waals surface area contributed by atoms with E-state index in [1.54, 1.807) is 0 Å². The van der Waals surface area contributed by atoms with Crippen LogP contribution in [0, 0.1) is 6.92 Å². The number of aryl methyl sites for hydroxylation is 1. The molecule has 2 fully saturated rings. The van der Waals surface area contributed by atoms with Gasteiger partial charge in [-0.1, -0.05) is 29.8 Å². The maximum Gasteiger partial charge on any atom is 0.227 e. The molecule has 22 heavy (non-hydrogen) atoms. The Hall–Kier alpha value is -1.39. The van der Waals surface area contributed by atoms with Crippen LogP contribution in [-0.2, 0) is 16.0 Å². The maximum atomic E-state index is 12.4. The summed E-state index contributed by atoms with van der Waals surface area (Å²) >= 11 is 0. The van der Waals surface area contributed by atoms with Crippen LogP contribution in [0.5, 0.6) is 0 Å². The van der Waals surface area contributed by atoms with Crippen molar-refractivity contribution in [3.63, 3.8) is 0 Å². The van der Waals surface area contributed by atoms with Gasteiger partial charge in [-0.15, -0.1) is 0 Å². The van der Waals surface area contributed by atoms with Crippen LogP contribution in [0.4, 0.5) is 0 Å². The normalized spacial score (nSPS) is 23.0. The first kappa shape index (κ1) is 15.5. The number of amides is 1. The molecular weight excluding hydrogens is 276 g/mol. The van der Waals surface area contributed by atoms with Gasteiger partial charge in [0, 0.05) is 39.3 Å². The van der Waals surface area contributed by atoms with Crippen LogP contribution in [-0.4, -0.2) is 61.1 Å². The molecule has 0 N–H and O–H groups in total. The highest BCUT2D eigenvalue weighted by molar-refractivity contribution is 5.78. The minimum atomic E-state index is 0.252. The van der Waals surface area contributed by atoms with Gasteiger partial charge in [-0.2, -0.15) is 0 Å². The van der Waals surface area contributed by atoms with Crippen molar-refractivity contribution in [2.75, 3.05) is 39.3 Å². The second-order valence-electron chi connectivity index (χ2n) is 6.48. The van der Waals surface area contributed by atoms with Crippen LogP contribution in [0.15, 0.2) is 24.3 Å². The monoisotopic (exact) mass is 302 g/mol. The molecule has 2 heterocycles. The first-order valence-corrected chi connectivity index (χ1v) is 8.38. The van der Waals surface area contributed by atoms with Crippen molar-refractivity contribution in [3.05, 3.63) is 35.4 Å². The van der Waals surface area contributed by atoms with Crippen LogP contribution < -0.4 is 0 Å². The molecule has 1 aromatic carbocycles. The number of rotatable bonds is 4. The lowest BCUT2D eigenvalue weighted by Gasteiger charge is -2.35. The Balaban J connectivity index is 1.45. The van der Waals surface area contributed by atoms with Crippen molar-refractivity contribution >= 4 is 5.91 Å². The highest BCUT2D eigenvalue weighted by Gasteiger charge is 2.24. The molecule has 1 unspecified atom stereocenters. The Morgan fingerprint density at radius 3 is 2.77 bits per heavy atom. The van der Waals surface area contributed by atoms with Crippen LogP contribution in [0.25, 0.3) is 0 Å². The molecule has 120 valence electrons. The molecule has 2 saturated heterocycles. The average molecular weight is 302 g/mol. The van der Waals surface area contributed by atoms with Gasteiger partial charge in [-0.05, 0) is 25.3 Å². The van der Waals surface area contributed by atoms with E-state index in [1.165, 1.54) is 18.4 Å². The summed E-state index contributed by atoms with van der Waals surface area (Å²) in [6.45, 7) is 7.64. The fourth-order valence-electron chi connectivity index (χ4n) is 3.36. The summed E-state index contributed by atoms with van der Waals surface area (Å²) in [4.78, 5) is 16.9. The number of hydrogen-bond acceptors (Lipinski definition) is 3. The van der Waals surface area contributed by atoms with Crippen molar-refractivity contribution in [2.45, 2.75) is 32.3 Å². The topological polar surface area (TPSA) is 32.8 Å². The highest BCUT2D eigenvalue weighted by Crippen LogP contribution is 2.15. The van der Waals surface area contributed by atoms with Crippen molar-refractivity contribution in [2.24, 2.45) is 0 Å². The molecule has 0 aromatic heterocycles.